The molecular formula is C14H17BrF3NO. The molecule has 0 amide bonds. The predicted molar refractivity (Wildman–Crippen MR) is 75.8 cm³/mol. The van der Waals surface area contributed by atoms with Gasteiger partial charge in [0.15, 0.2) is 0 Å². The van der Waals surface area contributed by atoms with Gasteiger partial charge < -0.3 is 10.0 Å². The van der Waals surface area contributed by atoms with Crippen LogP contribution in [-0.2, 0) is 6.18 Å². The average Bonchev–Trinajstić information content (AvgIpc) is 2.30. The first kappa shape index (κ1) is 15.6. The smallest absolute Gasteiger partial charge is 0.396 e. The van der Waals surface area contributed by atoms with Gasteiger partial charge in [0.2, 0.25) is 0 Å². The van der Waals surface area contributed by atoms with Gasteiger partial charge in [0, 0.05) is 23.7 Å². The Bertz CT molecular complexity index is 460. The Labute approximate surface area is 124 Å². The standard InChI is InChI=1S/C14H17BrF3NO/c15-10-5-6-12(14(16,17)18)13(9-10)19(7-2-8-20)11-3-1-4-11/h5-6,9,11,20H,1-4,7-8H2. The van der Waals surface area contributed by atoms with E-state index in [0.29, 0.717) is 17.4 Å². The highest BCUT2D eigenvalue weighted by atomic mass is 79.9. The molecule has 1 aliphatic carbocycles. The second-order valence-electron chi connectivity index (χ2n) is 5.01. The maximum atomic E-state index is 13.2. The summed E-state index contributed by atoms with van der Waals surface area (Å²) in [5.74, 6) is 0. The van der Waals surface area contributed by atoms with Crippen LogP contribution < -0.4 is 4.90 Å². The summed E-state index contributed by atoms with van der Waals surface area (Å²) in [7, 11) is 0. The number of aliphatic hydroxyl groups excluding tert-OH is 1. The van der Waals surface area contributed by atoms with Crippen molar-refractivity contribution in [2.45, 2.75) is 37.9 Å². The molecule has 1 N–H and O–H groups in total. The van der Waals surface area contributed by atoms with E-state index in [1.807, 2.05) is 0 Å². The minimum absolute atomic E-state index is 0.0153. The van der Waals surface area contributed by atoms with Gasteiger partial charge in [-0.25, -0.2) is 0 Å². The van der Waals surface area contributed by atoms with E-state index in [4.69, 9.17) is 5.11 Å². The lowest BCUT2D eigenvalue weighted by Gasteiger charge is -2.40. The van der Waals surface area contributed by atoms with Gasteiger partial charge in [-0.15, -0.1) is 0 Å². The molecule has 0 unspecified atom stereocenters. The molecular weight excluding hydrogens is 335 g/mol. The zero-order chi connectivity index (χ0) is 14.8. The topological polar surface area (TPSA) is 23.5 Å². The number of nitrogens with zero attached hydrogens (tertiary/aromatic N) is 1. The Morgan fingerprint density at radius 2 is 2.00 bits per heavy atom. The summed E-state index contributed by atoms with van der Waals surface area (Å²) in [6.07, 6.45) is -1.02. The van der Waals surface area contributed by atoms with Crippen LogP contribution in [0, 0.1) is 0 Å². The van der Waals surface area contributed by atoms with Gasteiger partial charge in [-0.05, 0) is 43.9 Å². The molecule has 0 aromatic heterocycles. The van der Waals surface area contributed by atoms with E-state index in [0.717, 1.165) is 25.3 Å². The SMILES string of the molecule is OCCCN(c1cc(Br)ccc1C(F)(F)F)C1CCC1. The molecule has 6 heteroatoms. The Balaban J connectivity index is 2.37. The Morgan fingerprint density at radius 3 is 2.50 bits per heavy atom. The molecule has 0 aliphatic heterocycles. The monoisotopic (exact) mass is 351 g/mol. The second-order valence-corrected chi connectivity index (χ2v) is 5.93. The van der Waals surface area contributed by atoms with Gasteiger partial charge in [-0.3, -0.25) is 0 Å². The van der Waals surface area contributed by atoms with Gasteiger partial charge in [-0.2, -0.15) is 13.2 Å². The summed E-state index contributed by atoms with van der Waals surface area (Å²) < 4.78 is 40.1. The number of hydrogen-bond acceptors (Lipinski definition) is 2. The van der Waals surface area contributed by atoms with Crippen molar-refractivity contribution in [2.75, 3.05) is 18.1 Å². The zero-order valence-electron chi connectivity index (χ0n) is 11.0. The highest BCUT2D eigenvalue weighted by molar-refractivity contribution is 9.10. The van der Waals surface area contributed by atoms with Gasteiger partial charge >= 0.3 is 6.18 Å². The third-order valence-corrected chi connectivity index (χ3v) is 4.14. The first-order valence-corrected chi connectivity index (χ1v) is 7.47. The lowest BCUT2D eigenvalue weighted by atomic mass is 9.90. The fraction of sp³-hybridized carbons (Fsp3) is 0.571. The number of rotatable bonds is 5. The maximum absolute atomic E-state index is 13.2. The largest absolute Gasteiger partial charge is 0.418 e. The summed E-state index contributed by atoms with van der Waals surface area (Å²) in [5.41, 5.74) is -0.393. The fourth-order valence-corrected chi connectivity index (χ4v) is 2.77. The number of benzene rings is 1. The summed E-state index contributed by atoms with van der Waals surface area (Å²) in [6, 6.07) is 4.21. The first-order valence-electron chi connectivity index (χ1n) is 6.67. The quantitative estimate of drug-likeness (QED) is 0.858. The van der Waals surface area contributed by atoms with Crippen LogP contribution in [0.1, 0.15) is 31.2 Å². The average molecular weight is 352 g/mol. The summed E-state index contributed by atoms with van der Waals surface area (Å²) >= 11 is 3.25. The van der Waals surface area contributed by atoms with Crippen LogP contribution in [-0.4, -0.2) is 24.3 Å². The first-order chi connectivity index (χ1) is 9.43. The van der Waals surface area contributed by atoms with Crippen molar-refractivity contribution < 1.29 is 18.3 Å². The molecule has 1 fully saturated rings. The van der Waals surface area contributed by atoms with Crippen molar-refractivity contribution in [3.8, 4) is 0 Å². The van der Waals surface area contributed by atoms with Crippen molar-refractivity contribution in [3.05, 3.63) is 28.2 Å². The zero-order valence-corrected chi connectivity index (χ0v) is 12.5. The molecule has 0 spiro atoms. The molecule has 112 valence electrons. The Kier molecular flexibility index (Phi) is 4.96. The fourth-order valence-electron chi connectivity index (χ4n) is 2.42. The molecule has 1 aromatic carbocycles. The van der Waals surface area contributed by atoms with Crippen LogP contribution in [0.25, 0.3) is 0 Å². The number of hydrogen-bond donors (Lipinski definition) is 1. The van der Waals surface area contributed by atoms with E-state index in [2.05, 4.69) is 15.9 Å². The lowest BCUT2D eigenvalue weighted by molar-refractivity contribution is -0.137. The molecule has 1 aliphatic rings. The summed E-state index contributed by atoms with van der Waals surface area (Å²) in [4.78, 5) is 1.80. The third kappa shape index (κ3) is 3.47. The van der Waals surface area contributed by atoms with Crippen LogP contribution in [0.4, 0.5) is 18.9 Å². The lowest BCUT2D eigenvalue weighted by Crippen LogP contribution is -2.42. The Morgan fingerprint density at radius 1 is 1.30 bits per heavy atom. The molecule has 0 atom stereocenters. The van der Waals surface area contributed by atoms with Crippen molar-refractivity contribution in [1.29, 1.82) is 0 Å². The van der Waals surface area contributed by atoms with Gasteiger partial charge in [0.25, 0.3) is 0 Å². The minimum Gasteiger partial charge on any atom is -0.396 e. The molecule has 0 radical (unpaired) electrons. The predicted octanol–water partition coefficient (Wildman–Crippen LogP) is 4.21. The minimum atomic E-state index is -4.36. The number of halogens is 4. The van der Waals surface area contributed by atoms with Crippen molar-refractivity contribution in [2.24, 2.45) is 0 Å². The molecule has 0 bridgehead atoms. The molecule has 20 heavy (non-hydrogen) atoms. The maximum Gasteiger partial charge on any atom is 0.418 e. The molecule has 2 rings (SSSR count). The Hall–Kier alpha value is -0.750. The normalized spacial score (nSPS) is 16.1. The second kappa shape index (κ2) is 6.35. The van der Waals surface area contributed by atoms with Crippen molar-refractivity contribution >= 4 is 21.6 Å². The van der Waals surface area contributed by atoms with Crippen molar-refractivity contribution in [3.63, 3.8) is 0 Å². The molecule has 1 aromatic rings. The van der Waals surface area contributed by atoms with Crippen LogP contribution in [0.5, 0.6) is 0 Å². The van der Waals surface area contributed by atoms with Crippen LogP contribution in [0.2, 0.25) is 0 Å². The molecule has 2 nitrogen and oxygen atoms in total. The van der Waals surface area contributed by atoms with Crippen LogP contribution in [0.3, 0.4) is 0 Å². The third-order valence-electron chi connectivity index (χ3n) is 3.65. The van der Waals surface area contributed by atoms with E-state index in [9.17, 15) is 13.2 Å². The van der Waals surface area contributed by atoms with Crippen molar-refractivity contribution in [1.82, 2.24) is 0 Å². The highest BCUT2D eigenvalue weighted by Crippen LogP contribution is 2.41. The summed E-state index contributed by atoms with van der Waals surface area (Å²) in [5, 5.41) is 8.96. The van der Waals surface area contributed by atoms with Gasteiger partial charge in [-0.1, -0.05) is 15.9 Å². The summed E-state index contributed by atoms with van der Waals surface area (Å²) in [6.45, 7) is 0.430. The van der Waals surface area contributed by atoms with Crippen LogP contribution >= 0.6 is 15.9 Å². The van der Waals surface area contributed by atoms with E-state index >= 15 is 0 Å². The highest BCUT2D eigenvalue weighted by Gasteiger charge is 2.37. The number of anilines is 1. The molecule has 0 heterocycles. The number of aliphatic hydroxyl groups is 1. The van der Waals surface area contributed by atoms with E-state index in [1.54, 1.807) is 4.90 Å². The molecule has 1 saturated carbocycles. The number of alkyl halides is 3. The van der Waals surface area contributed by atoms with Crippen LogP contribution in [0.15, 0.2) is 22.7 Å². The van der Waals surface area contributed by atoms with E-state index in [1.165, 1.54) is 12.1 Å². The van der Waals surface area contributed by atoms with E-state index < -0.39 is 11.7 Å². The van der Waals surface area contributed by atoms with E-state index in [-0.39, 0.29) is 18.3 Å². The van der Waals surface area contributed by atoms with Gasteiger partial charge in [0.1, 0.15) is 0 Å². The molecule has 0 saturated heterocycles. The van der Waals surface area contributed by atoms with Gasteiger partial charge in [0.05, 0.1) is 11.3 Å².